The van der Waals surface area contributed by atoms with Gasteiger partial charge in [0.25, 0.3) is 0 Å². The van der Waals surface area contributed by atoms with Gasteiger partial charge in [0.05, 0.1) is 4.90 Å². The highest BCUT2D eigenvalue weighted by atomic mass is 32.2. The van der Waals surface area contributed by atoms with E-state index >= 15 is 0 Å². The van der Waals surface area contributed by atoms with Crippen LogP contribution in [-0.4, -0.2) is 31.2 Å². The van der Waals surface area contributed by atoms with Crippen LogP contribution in [0, 0.1) is 5.92 Å². The van der Waals surface area contributed by atoms with E-state index in [0.717, 1.165) is 32.1 Å². The number of fused-ring (bicyclic) bond motifs is 1. The molecule has 6 heteroatoms. The van der Waals surface area contributed by atoms with Crippen molar-refractivity contribution in [3.05, 3.63) is 29.8 Å². The molecule has 0 aromatic heterocycles. The minimum absolute atomic E-state index is 0.142. The fourth-order valence-corrected chi connectivity index (χ4v) is 5.56. The van der Waals surface area contributed by atoms with Crippen molar-refractivity contribution in [1.82, 2.24) is 4.31 Å². The first-order valence-corrected chi connectivity index (χ1v) is 9.36. The van der Waals surface area contributed by atoms with Gasteiger partial charge in [0, 0.05) is 18.2 Å². The van der Waals surface area contributed by atoms with E-state index in [0.29, 0.717) is 18.0 Å². The summed E-state index contributed by atoms with van der Waals surface area (Å²) in [6, 6.07) is 6.09. The van der Waals surface area contributed by atoms with Gasteiger partial charge in [-0.3, -0.25) is 4.79 Å². The number of nitrogens with zero attached hydrogens (tertiary/aromatic N) is 1. The van der Waals surface area contributed by atoms with Crippen molar-refractivity contribution in [1.29, 1.82) is 0 Å². The quantitative estimate of drug-likeness (QED) is 0.925. The standard InChI is InChI=1S/C16H22N2O3S/c17-16(19)13-7-9-14(10-8-13)22(20,21)18-11-3-5-12-4-1-2-6-15(12)18/h7-10,12,15H,1-6,11H2,(H2,17,19)/t12-,15+/m0/s1. The molecule has 1 saturated carbocycles. The predicted octanol–water partition coefficient (Wildman–Crippen LogP) is 2.13. The average molecular weight is 322 g/mol. The molecule has 120 valence electrons. The molecule has 0 unspecified atom stereocenters. The second-order valence-electron chi connectivity index (χ2n) is 6.26. The molecule has 1 heterocycles. The first-order valence-electron chi connectivity index (χ1n) is 7.92. The monoisotopic (exact) mass is 322 g/mol. The molecule has 2 fully saturated rings. The van der Waals surface area contributed by atoms with Crippen molar-refractivity contribution in [2.75, 3.05) is 6.54 Å². The molecule has 1 aromatic rings. The van der Waals surface area contributed by atoms with Crippen molar-refractivity contribution in [2.45, 2.75) is 49.5 Å². The lowest BCUT2D eigenvalue weighted by Gasteiger charge is -2.43. The minimum atomic E-state index is -3.49. The van der Waals surface area contributed by atoms with Crippen LogP contribution in [0.2, 0.25) is 0 Å². The molecule has 1 saturated heterocycles. The number of rotatable bonds is 3. The molecule has 1 aliphatic carbocycles. The molecule has 2 atom stereocenters. The van der Waals surface area contributed by atoms with E-state index in [9.17, 15) is 13.2 Å². The van der Waals surface area contributed by atoms with Gasteiger partial charge in [-0.1, -0.05) is 12.8 Å². The van der Waals surface area contributed by atoms with Crippen LogP contribution in [0.3, 0.4) is 0 Å². The van der Waals surface area contributed by atoms with Crippen LogP contribution in [-0.2, 0) is 10.0 Å². The number of benzene rings is 1. The van der Waals surface area contributed by atoms with Crippen molar-refractivity contribution in [2.24, 2.45) is 11.7 Å². The zero-order valence-corrected chi connectivity index (χ0v) is 13.4. The summed E-state index contributed by atoms with van der Waals surface area (Å²) in [4.78, 5) is 11.4. The van der Waals surface area contributed by atoms with Gasteiger partial charge in [-0.15, -0.1) is 0 Å². The Morgan fingerprint density at radius 1 is 1.05 bits per heavy atom. The van der Waals surface area contributed by atoms with E-state index in [1.165, 1.54) is 30.7 Å². The van der Waals surface area contributed by atoms with E-state index in [2.05, 4.69) is 0 Å². The molecule has 1 amide bonds. The van der Waals surface area contributed by atoms with Crippen LogP contribution in [0.1, 0.15) is 48.9 Å². The Balaban J connectivity index is 1.89. The highest BCUT2D eigenvalue weighted by Crippen LogP contribution is 2.37. The minimum Gasteiger partial charge on any atom is -0.366 e. The first kappa shape index (κ1) is 15.5. The predicted molar refractivity (Wildman–Crippen MR) is 83.8 cm³/mol. The van der Waals surface area contributed by atoms with Gasteiger partial charge >= 0.3 is 0 Å². The summed E-state index contributed by atoms with van der Waals surface area (Å²) in [7, 11) is -3.49. The number of amides is 1. The van der Waals surface area contributed by atoms with E-state index in [-0.39, 0.29) is 10.9 Å². The van der Waals surface area contributed by atoms with Gasteiger partial charge in [-0.25, -0.2) is 8.42 Å². The smallest absolute Gasteiger partial charge is 0.248 e. The van der Waals surface area contributed by atoms with Gasteiger partial charge in [-0.05, 0) is 55.9 Å². The van der Waals surface area contributed by atoms with Gasteiger partial charge in [0.2, 0.25) is 15.9 Å². The summed E-state index contributed by atoms with van der Waals surface area (Å²) in [6.45, 7) is 0.598. The van der Waals surface area contributed by atoms with Gasteiger partial charge in [-0.2, -0.15) is 4.31 Å². The third kappa shape index (κ3) is 2.77. The number of primary amides is 1. The van der Waals surface area contributed by atoms with Crippen molar-refractivity contribution in [3.8, 4) is 0 Å². The Morgan fingerprint density at radius 2 is 1.68 bits per heavy atom. The van der Waals surface area contributed by atoms with E-state index in [4.69, 9.17) is 5.73 Å². The molecule has 0 spiro atoms. The van der Waals surface area contributed by atoms with Crippen LogP contribution in [0.15, 0.2) is 29.2 Å². The highest BCUT2D eigenvalue weighted by Gasteiger charge is 2.39. The molecule has 3 rings (SSSR count). The Kier molecular flexibility index (Phi) is 4.23. The molecule has 5 nitrogen and oxygen atoms in total. The Hall–Kier alpha value is -1.40. The Labute approximate surface area is 131 Å². The molecule has 0 radical (unpaired) electrons. The Morgan fingerprint density at radius 3 is 2.36 bits per heavy atom. The molecule has 22 heavy (non-hydrogen) atoms. The lowest BCUT2D eigenvalue weighted by Crippen LogP contribution is -2.49. The summed E-state index contributed by atoms with van der Waals surface area (Å²) in [5.74, 6) is -0.0450. The second kappa shape index (κ2) is 6.01. The topological polar surface area (TPSA) is 80.5 Å². The lowest BCUT2D eigenvalue weighted by molar-refractivity contribution is 0.1000. The number of hydrogen-bond donors (Lipinski definition) is 1. The summed E-state index contributed by atoms with van der Waals surface area (Å²) in [5, 5.41) is 0. The number of piperidine rings is 1. The van der Waals surface area contributed by atoms with Crippen LogP contribution in [0.4, 0.5) is 0 Å². The summed E-state index contributed by atoms with van der Waals surface area (Å²) in [5.41, 5.74) is 5.53. The summed E-state index contributed by atoms with van der Waals surface area (Å²) < 4.78 is 27.6. The van der Waals surface area contributed by atoms with E-state index < -0.39 is 15.9 Å². The molecular formula is C16H22N2O3S. The van der Waals surface area contributed by atoms with Crippen molar-refractivity contribution < 1.29 is 13.2 Å². The van der Waals surface area contributed by atoms with Gasteiger partial charge in [0.1, 0.15) is 0 Å². The SMILES string of the molecule is NC(=O)c1ccc(S(=O)(=O)N2CCC[C@@H]3CCCC[C@H]32)cc1. The number of sulfonamides is 1. The highest BCUT2D eigenvalue weighted by molar-refractivity contribution is 7.89. The largest absolute Gasteiger partial charge is 0.366 e. The van der Waals surface area contributed by atoms with Gasteiger partial charge < -0.3 is 5.73 Å². The molecule has 1 aromatic carbocycles. The summed E-state index contributed by atoms with van der Waals surface area (Å²) in [6.07, 6.45) is 6.48. The van der Waals surface area contributed by atoms with Crippen LogP contribution in [0.25, 0.3) is 0 Å². The van der Waals surface area contributed by atoms with Crippen LogP contribution >= 0.6 is 0 Å². The molecular weight excluding hydrogens is 300 g/mol. The number of nitrogens with two attached hydrogens (primary N) is 1. The molecule has 2 aliphatic rings. The van der Waals surface area contributed by atoms with E-state index in [1.807, 2.05) is 0 Å². The number of carbonyl (C=O) groups excluding carboxylic acids is 1. The normalized spacial score (nSPS) is 26.4. The van der Waals surface area contributed by atoms with Crippen molar-refractivity contribution >= 4 is 15.9 Å². The van der Waals surface area contributed by atoms with Crippen molar-refractivity contribution in [3.63, 3.8) is 0 Å². The maximum atomic E-state index is 12.9. The third-order valence-corrected chi connectivity index (χ3v) is 6.88. The fourth-order valence-electron chi connectivity index (χ4n) is 3.80. The number of hydrogen-bond acceptors (Lipinski definition) is 3. The molecule has 2 N–H and O–H groups in total. The number of carbonyl (C=O) groups is 1. The Bertz CT molecular complexity index is 652. The van der Waals surface area contributed by atoms with E-state index in [1.54, 1.807) is 4.31 Å². The van der Waals surface area contributed by atoms with Crippen LogP contribution < -0.4 is 5.73 Å². The zero-order valence-electron chi connectivity index (χ0n) is 12.6. The maximum Gasteiger partial charge on any atom is 0.248 e. The maximum absolute atomic E-state index is 12.9. The first-order chi connectivity index (χ1) is 10.5. The molecule has 0 bridgehead atoms. The zero-order chi connectivity index (χ0) is 15.7. The second-order valence-corrected chi connectivity index (χ2v) is 8.15. The summed E-state index contributed by atoms with van der Waals surface area (Å²) >= 11 is 0. The molecule has 1 aliphatic heterocycles. The average Bonchev–Trinajstić information content (AvgIpc) is 2.54. The third-order valence-electron chi connectivity index (χ3n) is 4.94. The van der Waals surface area contributed by atoms with Gasteiger partial charge in [0.15, 0.2) is 0 Å². The fraction of sp³-hybridized carbons (Fsp3) is 0.562. The van der Waals surface area contributed by atoms with Crippen LogP contribution in [0.5, 0.6) is 0 Å². The lowest BCUT2D eigenvalue weighted by atomic mass is 9.79.